The van der Waals surface area contributed by atoms with Crippen LogP contribution in [0.3, 0.4) is 0 Å². The van der Waals surface area contributed by atoms with Crippen LogP contribution < -0.4 is 5.32 Å². The van der Waals surface area contributed by atoms with Gasteiger partial charge in [-0.15, -0.1) is 0 Å². The molecule has 0 spiro atoms. The Morgan fingerprint density at radius 3 is 1.03 bits per heavy atom. The first-order chi connectivity index (χ1) is 34.0. The molecule has 0 aromatic carbocycles. The van der Waals surface area contributed by atoms with E-state index in [1.807, 2.05) is 6.08 Å². The van der Waals surface area contributed by atoms with E-state index < -0.39 is 12.1 Å². The first-order valence-electron chi connectivity index (χ1n) is 30.8. The molecule has 3 N–H and O–H groups in total. The van der Waals surface area contributed by atoms with Gasteiger partial charge in [0.25, 0.3) is 0 Å². The molecule has 69 heavy (non-hydrogen) atoms. The third kappa shape index (κ3) is 55.2. The van der Waals surface area contributed by atoms with Crippen molar-refractivity contribution in [3.05, 3.63) is 36.5 Å². The zero-order valence-electron chi connectivity index (χ0n) is 46.3. The van der Waals surface area contributed by atoms with Gasteiger partial charge in [-0.2, -0.15) is 0 Å². The highest BCUT2D eigenvalue weighted by Gasteiger charge is 2.18. The molecule has 0 saturated heterocycles. The summed E-state index contributed by atoms with van der Waals surface area (Å²) >= 11 is 0. The Labute approximate surface area is 430 Å². The Bertz CT molecular complexity index is 1120. The largest absolute Gasteiger partial charge is 0.466 e. The average Bonchev–Trinajstić information content (AvgIpc) is 3.35. The van der Waals surface area contributed by atoms with Crippen LogP contribution in [-0.2, 0) is 14.3 Å². The van der Waals surface area contributed by atoms with Crippen molar-refractivity contribution in [3.63, 3.8) is 0 Å². The molecule has 0 bridgehead atoms. The maximum Gasteiger partial charge on any atom is 0.305 e. The highest BCUT2D eigenvalue weighted by molar-refractivity contribution is 5.76. The van der Waals surface area contributed by atoms with Crippen LogP contribution in [0.5, 0.6) is 0 Å². The monoisotopic (exact) mass is 970 g/mol. The number of hydrogen-bond donors (Lipinski definition) is 3. The minimum atomic E-state index is -0.856. The number of allylic oxidation sites excluding steroid dienone is 5. The molecule has 2 unspecified atom stereocenters. The van der Waals surface area contributed by atoms with E-state index in [9.17, 15) is 19.8 Å². The summed E-state index contributed by atoms with van der Waals surface area (Å²) in [5, 5.41) is 23.2. The minimum Gasteiger partial charge on any atom is -0.466 e. The predicted octanol–water partition coefficient (Wildman–Crippen LogP) is 19.2. The molecule has 0 aliphatic rings. The van der Waals surface area contributed by atoms with Gasteiger partial charge in [-0.1, -0.05) is 269 Å². The summed E-state index contributed by atoms with van der Waals surface area (Å²) in [5.41, 5.74) is 0. The molecule has 0 heterocycles. The van der Waals surface area contributed by atoms with Crippen molar-refractivity contribution in [3.8, 4) is 0 Å². The molecule has 1 amide bonds. The van der Waals surface area contributed by atoms with Gasteiger partial charge in [-0.05, 0) is 83.5 Å². The molecule has 0 aromatic heterocycles. The van der Waals surface area contributed by atoms with Crippen molar-refractivity contribution in [2.75, 3.05) is 13.2 Å². The topological polar surface area (TPSA) is 95.9 Å². The molecular formula is C63H119NO5. The van der Waals surface area contributed by atoms with Crippen LogP contribution in [0.15, 0.2) is 36.5 Å². The van der Waals surface area contributed by atoms with Crippen LogP contribution in [0.2, 0.25) is 0 Å². The summed E-state index contributed by atoms with van der Waals surface area (Å²) in [6.45, 7) is 4.89. The predicted molar refractivity (Wildman–Crippen MR) is 301 cm³/mol. The number of ether oxygens (including phenoxy) is 1. The van der Waals surface area contributed by atoms with Gasteiger partial charge in [0.05, 0.1) is 25.4 Å². The van der Waals surface area contributed by atoms with E-state index in [1.54, 1.807) is 6.08 Å². The number of nitrogens with one attached hydrogen (secondary N) is 1. The summed E-state index contributed by atoms with van der Waals surface area (Å²) in [5.74, 6) is -0.0942. The number of rotatable bonds is 57. The van der Waals surface area contributed by atoms with E-state index in [0.29, 0.717) is 19.4 Å². The summed E-state index contributed by atoms with van der Waals surface area (Å²) < 4.78 is 5.47. The van der Waals surface area contributed by atoms with E-state index in [4.69, 9.17) is 4.74 Å². The van der Waals surface area contributed by atoms with Crippen LogP contribution in [-0.4, -0.2) is 47.4 Å². The lowest BCUT2D eigenvalue weighted by atomic mass is 10.0. The normalized spacial score (nSPS) is 12.8. The Morgan fingerprint density at radius 2 is 0.681 bits per heavy atom. The lowest BCUT2D eigenvalue weighted by Gasteiger charge is -2.20. The minimum absolute atomic E-state index is 0.0110. The van der Waals surface area contributed by atoms with E-state index in [2.05, 4.69) is 43.5 Å². The standard InChI is InChI=1S/C63H119NO5/c1-3-5-7-9-11-13-15-17-19-21-22-23-24-27-31-35-39-43-47-51-55-61(66)60(59-65)64-62(67)56-52-48-44-40-36-32-28-25-26-30-34-38-42-46-50-54-58-69-63(68)57-53-49-45-41-37-33-29-20-18-16-14-12-10-8-6-4-2/h20,25,28-29,51,55,60-61,65-66H,3-19,21-24,26-27,30-50,52-54,56-59H2,1-2H3,(H,64,67)/b28-25-,29-20-,55-51+. The van der Waals surface area contributed by atoms with Crippen molar-refractivity contribution in [2.24, 2.45) is 0 Å². The number of hydrogen-bond acceptors (Lipinski definition) is 5. The second kappa shape index (κ2) is 58.6. The summed E-state index contributed by atoms with van der Waals surface area (Å²) in [4.78, 5) is 24.5. The van der Waals surface area contributed by atoms with Gasteiger partial charge in [0, 0.05) is 12.8 Å². The highest BCUT2D eigenvalue weighted by Crippen LogP contribution is 2.17. The molecule has 406 valence electrons. The third-order valence-electron chi connectivity index (χ3n) is 14.1. The molecule has 6 heteroatoms. The Kier molecular flexibility index (Phi) is 57.0. The lowest BCUT2D eigenvalue weighted by Crippen LogP contribution is -2.45. The third-order valence-corrected chi connectivity index (χ3v) is 14.1. The number of aliphatic hydroxyl groups is 2. The molecule has 0 aromatic rings. The van der Waals surface area contributed by atoms with E-state index in [-0.39, 0.29) is 18.5 Å². The first kappa shape index (κ1) is 67.1. The molecule has 2 atom stereocenters. The van der Waals surface area contributed by atoms with Gasteiger partial charge < -0.3 is 20.3 Å². The molecule has 0 saturated carbocycles. The van der Waals surface area contributed by atoms with E-state index in [0.717, 1.165) is 64.2 Å². The van der Waals surface area contributed by atoms with Crippen LogP contribution >= 0.6 is 0 Å². The second-order valence-corrected chi connectivity index (χ2v) is 21.0. The quantitative estimate of drug-likeness (QED) is 0.0321. The summed E-state index contributed by atoms with van der Waals surface area (Å²) in [7, 11) is 0. The molecular weight excluding hydrogens is 851 g/mol. The molecule has 0 radical (unpaired) electrons. The number of carbonyl (C=O) groups is 2. The van der Waals surface area contributed by atoms with Crippen LogP contribution in [0.1, 0.15) is 328 Å². The smallest absolute Gasteiger partial charge is 0.305 e. The molecule has 0 aliphatic carbocycles. The first-order valence-corrected chi connectivity index (χ1v) is 30.8. The average molecular weight is 971 g/mol. The Morgan fingerprint density at radius 1 is 0.391 bits per heavy atom. The fourth-order valence-electron chi connectivity index (χ4n) is 9.39. The number of aliphatic hydroxyl groups excluding tert-OH is 2. The number of amides is 1. The molecule has 0 rings (SSSR count). The zero-order valence-corrected chi connectivity index (χ0v) is 46.3. The molecule has 6 nitrogen and oxygen atoms in total. The lowest BCUT2D eigenvalue weighted by molar-refractivity contribution is -0.143. The van der Waals surface area contributed by atoms with E-state index >= 15 is 0 Å². The van der Waals surface area contributed by atoms with Crippen molar-refractivity contribution in [2.45, 2.75) is 341 Å². The van der Waals surface area contributed by atoms with Crippen molar-refractivity contribution < 1.29 is 24.5 Å². The Hall–Kier alpha value is -1.92. The summed E-state index contributed by atoms with van der Waals surface area (Å²) in [6.07, 6.45) is 73.2. The van der Waals surface area contributed by atoms with Gasteiger partial charge in [0.2, 0.25) is 5.91 Å². The van der Waals surface area contributed by atoms with Gasteiger partial charge in [-0.3, -0.25) is 9.59 Å². The molecule has 0 fully saturated rings. The zero-order chi connectivity index (χ0) is 50.0. The highest BCUT2D eigenvalue weighted by atomic mass is 16.5. The second-order valence-electron chi connectivity index (χ2n) is 21.0. The maximum atomic E-state index is 12.5. The van der Waals surface area contributed by atoms with Crippen LogP contribution in [0, 0.1) is 0 Å². The van der Waals surface area contributed by atoms with Gasteiger partial charge in [0.15, 0.2) is 0 Å². The van der Waals surface area contributed by atoms with Crippen molar-refractivity contribution >= 4 is 11.9 Å². The van der Waals surface area contributed by atoms with Gasteiger partial charge >= 0.3 is 5.97 Å². The van der Waals surface area contributed by atoms with Crippen LogP contribution in [0.25, 0.3) is 0 Å². The van der Waals surface area contributed by atoms with E-state index in [1.165, 1.54) is 238 Å². The Balaban J connectivity index is 3.50. The van der Waals surface area contributed by atoms with Gasteiger partial charge in [0.1, 0.15) is 0 Å². The van der Waals surface area contributed by atoms with Crippen molar-refractivity contribution in [1.82, 2.24) is 5.32 Å². The van der Waals surface area contributed by atoms with Crippen LogP contribution in [0.4, 0.5) is 0 Å². The maximum absolute atomic E-state index is 12.5. The van der Waals surface area contributed by atoms with Crippen molar-refractivity contribution in [1.29, 1.82) is 0 Å². The fraction of sp³-hybridized carbons (Fsp3) is 0.873. The number of carbonyl (C=O) groups excluding carboxylic acids is 2. The number of esters is 1. The summed E-state index contributed by atoms with van der Waals surface area (Å²) in [6, 6.07) is -0.641. The fourth-order valence-corrected chi connectivity index (χ4v) is 9.39. The van der Waals surface area contributed by atoms with Gasteiger partial charge in [-0.25, -0.2) is 0 Å². The number of unbranched alkanes of at least 4 members (excludes halogenated alkanes) is 42. The molecule has 0 aliphatic heterocycles. The SMILES string of the molecule is CCCCCCCCC/C=C\CCCCCCCC(=O)OCCCCCCCCC/C=C\CCCCCCCC(=O)NC(CO)C(O)/C=C/CCCCCCCCCCCCCCCCCCCC.